The van der Waals surface area contributed by atoms with Gasteiger partial charge in [-0.25, -0.2) is 0 Å². The number of hydrogen-bond acceptors (Lipinski definition) is 3. The van der Waals surface area contributed by atoms with Crippen LogP contribution < -0.4 is 5.32 Å². The lowest BCUT2D eigenvalue weighted by molar-refractivity contribution is 0.127. The van der Waals surface area contributed by atoms with Crippen LogP contribution >= 0.6 is 0 Å². The van der Waals surface area contributed by atoms with Gasteiger partial charge < -0.3 is 15.3 Å². The van der Waals surface area contributed by atoms with Crippen LogP contribution in [0.2, 0.25) is 0 Å². The minimum atomic E-state index is -0.125. The minimum absolute atomic E-state index is 0.125. The molecule has 2 rings (SSSR count). The molecule has 3 heteroatoms. The van der Waals surface area contributed by atoms with E-state index in [9.17, 15) is 5.11 Å². The predicted octanol–water partition coefficient (Wildman–Crippen LogP) is 0.831. The van der Waals surface area contributed by atoms with E-state index in [1.165, 1.54) is 45.3 Å². The van der Waals surface area contributed by atoms with E-state index in [1.54, 1.807) is 0 Å². The van der Waals surface area contributed by atoms with E-state index in [2.05, 4.69) is 10.2 Å². The Kier molecular flexibility index (Phi) is 4.00. The van der Waals surface area contributed by atoms with Gasteiger partial charge in [0.25, 0.3) is 0 Å². The Balaban J connectivity index is 1.52. The summed E-state index contributed by atoms with van der Waals surface area (Å²) in [5.41, 5.74) is 0. The van der Waals surface area contributed by atoms with Gasteiger partial charge in [-0.15, -0.1) is 0 Å². The van der Waals surface area contributed by atoms with Gasteiger partial charge in [0.05, 0.1) is 6.10 Å². The summed E-state index contributed by atoms with van der Waals surface area (Å²) in [7, 11) is 0. The molecule has 1 saturated heterocycles. The first-order valence-corrected chi connectivity index (χ1v) is 6.39. The molecule has 0 amide bonds. The molecule has 3 nitrogen and oxygen atoms in total. The van der Waals surface area contributed by atoms with E-state index >= 15 is 0 Å². The Morgan fingerprint density at radius 2 is 2.20 bits per heavy atom. The van der Waals surface area contributed by atoms with E-state index in [0.29, 0.717) is 5.92 Å². The minimum Gasteiger partial charge on any atom is -0.393 e. The molecule has 0 spiro atoms. The molecule has 2 fully saturated rings. The fraction of sp³-hybridized carbons (Fsp3) is 1.00. The summed E-state index contributed by atoms with van der Waals surface area (Å²) >= 11 is 0. The summed E-state index contributed by atoms with van der Waals surface area (Å²) < 4.78 is 0. The van der Waals surface area contributed by atoms with Gasteiger partial charge in [-0.05, 0) is 58.2 Å². The Morgan fingerprint density at radius 3 is 2.80 bits per heavy atom. The standard InChI is InChI=1S/C12H24N2O/c1-10(15)11-5-8-14(9-11)7-2-6-13-12-3-4-12/h10-13,15H,2-9H2,1H3. The van der Waals surface area contributed by atoms with Crippen LogP contribution in [0.4, 0.5) is 0 Å². The van der Waals surface area contributed by atoms with E-state index in [-0.39, 0.29) is 6.10 Å². The van der Waals surface area contributed by atoms with E-state index in [4.69, 9.17) is 0 Å². The van der Waals surface area contributed by atoms with Crippen LogP contribution in [0.3, 0.4) is 0 Å². The summed E-state index contributed by atoms with van der Waals surface area (Å²) in [6, 6.07) is 0.841. The summed E-state index contributed by atoms with van der Waals surface area (Å²) in [4.78, 5) is 2.49. The molecule has 2 N–H and O–H groups in total. The number of rotatable bonds is 6. The van der Waals surface area contributed by atoms with Gasteiger partial charge in [-0.1, -0.05) is 0 Å². The van der Waals surface area contributed by atoms with Gasteiger partial charge in [-0.3, -0.25) is 0 Å². The molecule has 2 atom stereocenters. The van der Waals surface area contributed by atoms with Crippen LogP contribution in [0.15, 0.2) is 0 Å². The molecule has 0 aromatic carbocycles. The van der Waals surface area contributed by atoms with Crippen LogP contribution in [-0.4, -0.2) is 48.3 Å². The van der Waals surface area contributed by atoms with Crippen molar-refractivity contribution in [2.75, 3.05) is 26.2 Å². The van der Waals surface area contributed by atoms with E-state index in [1.807, 2.05) is 6.92 Å². The third-order valence-corrected chi connectivity index (χ3v) is 3.65. The van der Waals surface area contributed by atoms with Crippen LogP contribution in [0, 0.1) is 5.92 Å². The molecule has 1 aliphatic heterocycles. The maximum Gasteiger partial charge on any atom is 0.0552 e. The first-order valence-electron chi connectivity index (χ1n) is 6.39. The summed E-state index contributed by atoms with van der Waals surface area (Å²) in [6.45, 7) is 6.56. The molecule has 1 heterocycles. The van der Waals surface area contributed by atoms with E-state index in [0.717, 1.165) is 12.6 Å². The normalized spacial score (nSPS) is 29.6. The van der Waals surface area contributed by atoms with Crippen molar-refractivity contribution in [1.82, 2.24) is 10.2 Å². The number of hydrogen-bond donors (Lipinski definition) is 2. The van der Waals surface area contributed by atoms with Crippen molar-refractivity contribution < 1.29 is 5.11 Å². The number of aliphatic hydroxyl groups is 1. The van der Waals surface area contributed by atoms with Gasteiger partial charge in [0.15, 0.2) is 0 Å². The molecule has 0 radical (unpaired) electrons. The van der Waals surface area contributed by atoms with E-state index < -0.39 is 0 Å². The van der Waals surface area contributed by atoms with Crippen molar-refractivity contribution in [2.24, 2.45) is 5.92 Å². The number of aliphatic hydroxyl groups excluding tert-OH is 1. The molecule has 1 aliphatic carbocycles. The summed E-state index contributed by atoms with van der Waals surface area (Å²) in [5.74, 6) is 0.515. The average molecular weight is 212 g/mol. The zero-order valence-electron chi connectivity index (χ0n) is 9.78. The molecular formula is C12H24N2O. The molecule has 2 aliphatic rings. The average Bonchev–Trinajstić information content (AvgIpc) is 2.90. The molecule has 0 aromatic heterocycles. The van der Waals surface area contributed by atoms with Crippen LogP contribution in [0.25, 0.3) is 0 Å². The van der Waals surface area contributed by atoms with Gasteiger partial charge in [0, 0.05) is 12.6 Å². The first kappa shape index (κ1) is 11.4. The summed E-state index contributed by atoms with van der Waals surface area (Å²) in [6.07, 6.45) is 5.07. The second-order valence-corrected chi connectivity index (χ2v) is 5.17. The fourth-order valence-corrected chi connectivity index (χ4v) is 2.36. The highest BCUT2D eigenvalue weighted by atomic mass is 16.3. The zero-order chi connectivity index (χ0) is 10.7. The van der Waals surface area contributed by atoms with Crippen LogP contribution in [0.1, 0.15) is 32.6 Å². The summed E-state index contributed by atoms with van der Waals surface area (Å²) in [5, 5.41) is 13.0. The predicted molar refractivity (Wildman–Crippen MR) is 61.9 cm³/mol. The maximum absolute atomic E-state index is 9.48. The number of nitrogens with zero attached hydrogens (tertiary/aromatic N) is 1. The molecule has 88 valence electrons. The Hall–Kier alpha value is -0.120. The van der Waals surface area contributed by atoms with Crippen LogP contribution in [0.5, 0.6) is 0 Å². The van der Waals surface area contributed by atoms with Gasteiger partial charge >= 0.3 is 0 Å². The smallest absolute Gasteiger partial charge is 0.0552 e. The Morgan fingerprint density at radius 1 is 1.40 bits per heavy atom. The molecular weight excluding hydrogens is 188 g/mol. The Labute approximate surface area is 92.8 Å². The lowest BCUT2D eigenvalue weighted by atomic mass is 10.0. The molecule has 0 bridgehead atoms. The molecule has 0 aromatic rings. The topological polar surface area (TPSA) is 35.5 Å². The Bertz CT molecular complexity index is 192. The third kappa shape index (κ3) is 3.74. The highest BCUT2D eigenvalue weighted by molar-refractivity contribution is 4.81. The third-order valence-electron chi connectivity index (χ3n) is 3.65. The van der Waals surface area contributed by atoms with Gasteiger partial charge in [0.2, 0.25) is 0 Å². The lowest BCUT2D eigenvalue weighted by Gasteiger charge is -2.17. The first-order chi connectivity index (χ1) is 7.25. The second-order valence-electron chi connectivity index (χ2n) is 5.17. The van der Waals surface area contributed by atoms with Crippen molar-refractivity contribution in [3.05, 3.63) is 0 Å². The largest absolute Gasteiger partial charge is 0.393 e. The SMILES string of the molecule is CC(O)C1CCN(CCCNC2CC2)C1. The van der Waals surface area contributed by atoms with Crippen molar-refractivity contribution in [3.63, 3.8) is 0 Å². The van der Waals surface area contributed by atoms with Crippen molar-refractivity contribution in [2.45, 2.75) is 44.8 Å². The molecule has 15 heavy (non-hydrogen) atoms. The highest BCUT2D eigenvalue weighted by Gasteiger charge is 2.25. The fourth-order valence-electron chi connectivity index (χ4n) is 2.36. The van der Waals surface area contributed by atoms with Crippen molar-refractivity contribution in [1.29, 1.82) is 0 Å². The molecule has 2 unspecified atom stereocenters. The number of likely N-dealkylation sites (tertiary alicyclic amines) is 1. The van der Waals surface area contributed by atoms with Gasteiger partial charge in [-0.2, -0.15) is 0 Å². The maximum atomic E-state index is 9.48. The highest BCUT2D eigenvalue weighted by Crippen LogP contribution is 2.20. The second kappa shape index (κ2) is 5.28. The van der Waals surface area contributed by atoms with Crippen molar-refractivity contribution in [3.8, 4) is 0 Å². The lowest BCUT2D eigenvalue weighted by Crippen LogP contribution is -2.28. The monoisotopic (exact) mass is 212 g/mol. The van der Waals surface area contributed by atoms with Crippen molar-refractivity contribution >= 4 is 0 Å². The quantitative estimate of drug-likeness (QED) is 0.640. The van der Waals surface area contributed by atoms with Crippen LogP contribution in [-0.2, 0) is 0 Å². The van der Waals surface area contributed by atoms with Gasteiger partial charge in [0.1, 0.15) is 0 Å². The molecule has 1 saturated carbocycles. The number of nitrogens with one attached hydrogen (secondary N) is 1. The zero-order valence-corrected chi connectivity index (χ0v) is 9.78.